The Morgan fingerprint density at radius 1 is 1.48 bits per heavy atom. The molecule has 4 nitrogen and oxygen atoms in total. The van der Waals surface area contributed by atoms with Crippen molar-refractivity contribution in [3.63, 3.8) is 0 Å². The van der Waals surface area contributed by atoms with Crippen LogP contribution in [0.2, 0.25) is 5.15 Å². The molecular weight excluding hydrogens is 288 g/mol. The molecule has 1 aliphatic heterocycles. The van der Waals surface area contributed by atoms with Crippen molar-refractivity contribution in [2.24, 2.45) is 0 Å². The lowest BCUT2D eigenvalue weighted by atomic mass is 10.1. The number of nitrogens with zero attached hydrogens (tertiary/aromatic N) is 2. The predicted molar refractivity (Wildman–Crippen MR) is 82.7 cm³/mol. The minimum Gasteiger partial charge on any atom is -0.377 e. The number of pyridine rings is 1. The molecule has 1 aromatic heterocycles. The topological polar surface area (TPSA) is 42.4 Å². The fourth-order valence-electron chi connectivity index (χ4n) is 2.67. The van der Waals surface area contributed by atoms with E-state index in [1.54, 1.807) is 0 Å². The van der Waals surface area contributed by atoms with Gasteiger partial charge in [-0.25, -0.2) is 4.98 Å². The normalized spacial score (nSPS) is 19.0. The zero-order chi connectivity index (χ0) is 14.8. The van der Waals surface area contributed by atoms with Gasteiger partial charge in [0.2, 0.25) is 0 Å². The average molecular weight is 305 g/mol. The third-order valence-corrected chi connectivity index (χ3v) is 4.16. The molecule has 0 spiro atoms. The van der Waals surface area contributed by atoms with E-state index in [0.717, 1.165) is 17.2 Å². The Morgan fingerprint density at radius 2 is 2.29 bits per heavy atom. The van der Waals surface area contributed by atoms with Crippen molar-refractivity contribution >= 4 is 28.3 Å². The van der Waals surface area contributed by atoms with Crippen molar-refractivity contribution in [3.05, 3.63) is 41.2 Å². The van der Waals surface area contributed by atoms with Gasteiger partial charge in [-0.1, -0.05) is 42.8 Å². The average Bonchev–Trinajstić information content (AvgIpc) is 2.54. The van der Waals surface area contributed by atoms with Crippen LogP contribution < -0.4 is 0 Å². The Labute approximate surface area is 128 Å². The minimum atomic E-state index is -0.0715. The molecule has 2 aromatic rings. The van der Waals surface area contributed by atoms with Crippen molar-refractivity contribution in [2.45, 2.75) is 19.4 Å². The molecule has 21 heavy (non-hydrogen) atoms. The lowest BCUT2D eigenvalue weighted by Crippen LogP contribution is -2.48. The molecule has 3 rings (SSSR count). The van der Waals surface area contributed by atoms with Crippen molar-refractivity contribution in [1.82, 2.24) is 9.88 Å². The van der Waals surface area contributed by atoms with Gasteiger partial charge in [-0.2, -0.15) is 0 Å². The Hall–Kier alpha value is -1.65. The van der Waals surface area contributed by atoms with E-state index < -0.39 is 0 Å². The number of fused-ring (bicyclic) bond motifs is 1. The van der Waals surface area contributed by atoms with Gasteiger partial charge in [0.15, 0.2) is 0 Å². The number of rotatable bonds is 2. The number of halogens is 1. The SMILES string of the molecule is CCC1COCCN1C(=O)c1cc2ccccc2c(Cl)n1. The number of carbonyl (C=O) groups excluding carboxylic acids is 1. The predicted octanol–water partition coefficient (Wildman–Crippen LogP) is 3.14. The Kier molecular flexibility index (Phi) is 4.08. The fraction of sp³-hybridized carbons (Fsp3) is 0.375. The van der Waals surface area contributed by atoms with Gasteiger partial charge in [0.25, 0.3) is 5.91 Å². The molecule has 1 amide bonds. The third kappa shape index (κ3) is 2.74. The number of morpholine rings is 1. The van der Waals surface area contributed by atoms with Crippen molar-refractivity contribution in [3.8, 4) is 0 Å². The highest BCUT2D eigenvalue weighted by Gasteiger charge is 2.27. The smallest absolute Gasteiger partial charge is 0.272 e. The van der Waals surface area contributed by atoms with E-state index >= 15 is 0 Å². The summed E-state index contributed by atoms with van der Waals surface area (Å²) in [5.74, 6) is -0.0715. The van der Waals surface area contributed by atoms with Gasteiger partial charge in [0, 0.05) is 11.9 Å². The molecule has 5 heteroatoms. The summed E-state index contributed by atoms with van der Waals surface area (Å²) in [7, 11) is 0. The number of ether oxygens (including phenoxy) is 1. The minimum absolute atomic E-state index is 0.0715. The molecule has 1 atom stereocenters. The maximum absolute atomic E-state index is 12.7. The third-order valence-electron chi connectivity index (χ3n) is 3.87. The first-order valence-corrected chi connectivity index (χ1v) is 7.52. The lowest BCUT2D eigenvalue weighted by molar-refractivity contribution is -0.00309. The summed E-state index contributed by atoms with van der Waals surface area (Å²) in [5.41, 5.74) is 0.402. The van der Waals surface area contributed by atoms with E-state index in [1.807, 2.05) is 35.2 Å². The number of aromatic nitrogens is 1. The van der Waals surface area contributed by atoms with Crippen LogP contribution in [0.1, 0.15) is 23.8 Å². The van der Waals surface area contributed by atoms with Gasteiger partial charge in [0.05, 0.1) is 19.3 Å². The van der Waals surface area contributed by atoms with Crippen LogP contribution in [0.3, 0.4) is 0 Å². The maximum Gasteiger partial charge on any atom is 0.272 e. The molecule has 0 N–H and O–H groups in total. The van der Waals surface area contributed by atoms with Crippen LogP contribution in [-0.4, -0.2) is 41.6 Å². The van der Waals surface area contributed by atoms with Crippen LogP contribution >= 0.6 is 11.6 Å². The van der Waals surface area contributed by atoms with Crippen molar-refractivity contribution in [2.75, 3.05) is 19.8 Å². The van der Waals surface area contributed by atoms with E-state index in [4.69, 9.17) is 16.3 Å². The number of benzene rings is 1. The Balaban J connectivity index is 1.97. The van der Waals surface area contributed by atoms with Gasteiger partial charge >= 0.3 is 0 Å². The molecule has 1 aliphatic rings. The summed E-state index contributed by atoms with van der Waals surface area (Å²) in [4.78, 5) is 18.8. The molecule has 0 bridgehead atoms. The first kappa shape index (κ1) is 14.3. The highest BCUT2D eigenvalue weighted by molar-refractivity contribution is 6.34. The van der Waals surface area contributed by atoms with E-state index in [-0.39, 0.29) is 11.9 Å². The molecule has 1 fully saturated rings. The largest absolute Gasteiger partial charge is 0.377 e. The Bertz CT molecular complexity index is 674. The van der Waals surface area contributed by atoms with E-state index in [9.17, 15) is 4.79 Å². The van der Waals surface area contributed by atoms with Crippen molar-refractivity contribution < 1.29 is 9.53 Å². The molecular formula is C16H17ClN2O2. The van der Waals surface area contributed by atoms with Gasteiger partial charge in [-0.05, 0) is 17.9 Å². The van der Waals surface area contributed by atoms with Gasteiger partial charge in [-0.3, -0.25) is 4.79 Å². The second-order valence-corrected chi connectivity index (χ2v) is 5.51. The molecule has 110 valence electrons. The molecule has 1 saturated heterocycles. The first-order chi connectivity index (χ1) is 10.2. The highest BCUT2D eigenvalue weighted by atomic mass is 35.5. The summed E-state index contributed by atoms with van der Waals surface area (Å²) < 4.78 is 5.44. The summed E-state index contributed by atoms with van der Waals surface area (Å²) in [5, 5.41) is 2.17. The second-order valence-electron chi connectivity index (χ2n) is 5.15. The van der Waals surface area contributed by atoms with Gasteiger partial charge in [0.1, 0.15) is 10.8 Å². The summed E-state index contributed by atoms with van der Waals surface area (Å²) in [6, 6.07) is 9.60. The van der Waals surface area contributed by atoms with Crippen LogP contribution in [0.4, 0.5) is 0 Å². The van der Waals surface area contributed by atoms with Crippen LogP contribution in [0.15, 0.2) is 30.3 Å². The quantitative estimate of drug-likeness (QED) is 0.801. The van der Waals surface area contributed by atoms with Crippen LogP contribution in [0, 0.1) is 0 Å². The lowest BCUT2D eigenvalue weighted by Gasteiger charge is -2.34. The number of hydrogen-bond donors (Lipinski definition) is 0. The van der Waals surface area contributed by atoms with Crippen LogP contribution in [0.25, 0.3) is 10.8 Å². The second kappa shape index (κ2) is 6.00. The number of carbonyl (C=O) groups is 1. The monoisotopic (exact) mass is 304 g/mol. The molecule has 1 unspecified atom stereocenters. The van der Waals surface area contributed by atoms with Crippen molar-refractivity contribution in [1.29, 1.82) is 0 Å². The summed E-state index contributed by atoms with van der Waals surface area (Å²) in [6.07, 6.45) is 0.868. The molecule has 0 saturated carbocycles. The first-order valence-electron chi connectivity index (χ1n) is 7.14. The fourth-order valence-corrected chi connectivity index (χ4v) is 2.94. The standard InChI is InChI=1S/C16H17ClN2O2/c1-2-12-10-21-8-7-19(12)16(20)14-9-11-5-3-4-6-13(11)15(17)18-14/h3-6,9,12H,2,7-8,10H2,1H3. The Morgan fingerprint density at radius 3 is 3.10 bits per heavy atom. The zero-order valence-corrected chi connectivity index (χ0v) is 12.6. The number of hydrogen-bond acceptors (Lipinski definition) is 3. The van der Waals surface area contributed by atoms with Crippen LogP contribution in [0.5, 0.6) is 0 Å². The summed E-state index contributed by atoms with van der Waals surface area (Å²) >= 11 is 6.21. The van der Waals surface area contributed by atoms with Gasteiger partial charge < -0.3 is 9.64 Å². The van der Waals surface area contributed by atoms with Crippen LogP contribution in [-0.2, 0) is 4.74 Å². The van der Waals surface area contributed by atoms with Gasteiger partial charge in [-0.15, -0.1) is 0 Å². The van der Waals surface area contributed by atoms with E-state index in [0.29, 0.717) is 30.6 Å². The molecule has 0 aliphatic carbocycles. The maximum atomic E-state index is 12.7. The zero-order valence-electron chi connectivity index (χ0n) is 11.9. The molecule has 1 aromatic carbocycles. The van der Waals surface area contributed by atoms with E-state index in [2.05, 4.69) is 11.9 Å². The number of amides is 1. The summed E-state index contributed by atoms with van der Waals surface area (Å²) in [6.45, 7) is 3.82. The van der Waals surface area contributed by atoms with E-state index in [1.165, 1.54) is 0 Å². The highest BCUT2D eigenvalue weighted by Crippen LogP contribution is 2.24. The molecule has 2 heterocycles. The molecule has 0 radical (unpaired) electrons.